The fraction of sp³-hybridized carbons (Fsp3) is 0.684. The van der Waals surface area contributed by atoms with Crippen molar-refractivity contribution in [2.24, 2.45) is 10.9 Å². The van der Waals surface area contributed by atoms with E-state index in [1.54, 1.807) is 7.05 Å². The Balaban J connectivity index is 0.00000450. The van der Waals surface area contributed by atoms with E-state index in [2.05, 4.69) is 38.9 Å². The second-order valence-corrected chi connectivity index (χ2v) is 7.32. The fourth-order valence-corrected chi connectivity index (χ4v) is 3.57. The van der Waals surface area contributed by atoms with Crippen molar-refractivity contribution in [3.63, 3.8) is 0 Å². The van der Waals surface area contributed by atoms with Gasteiger partial charge in [-0.1, -0.05) is 25.4 Å². The molecule has 1 aliphatic heterocycles. The normalized spacial score (nSPS) is 17.3. The maximum atomic E-state index is 12.6. The molecule has 1 unspecified atom stereocenters. The number of nitrogens with zero attached hydrogens (tertiary/aromatic N) is 4. The minimum Gasteiger partial charge on any atom is -0.475 e. The number of pyridine rings is 1. The molecular weight excluding hydrogens is 534 g/mol. The zero-order valence-corrected chi connectivity index (χ0v) is 20.6. The van der Waals surface area contributed by atoms with E-state index in [0.29, 0.717) is 18.7 Å². The van der Waals surface area contributed by atoms with Crippen LogP contribution in [-0.4, -0.2) is 73.7 Å². The summed E-state index contributed by atoms with van der Waals surface area (Å²) in [6.07, 6.45) is -2.64. The Morgan fingerprint density at radius 3 is 2.67 bits per heavy atom. The van der Waals surface area contributed by atoms with Gasteiger partial charge in [0.25, 0.3) is 0 Å². The average molecular weight is 564 g/mol. The number of halogens is 5. The third-order valence-corrected chi connectivity index (χ3v) is 5.24. The second kappa shape index (κ2) is 12.7. The maximum Gasteiger partial charge on any atom is 0.417 e. The number of alkyl halides is 3. The highest BCUT2D eigenvalue weighted by atomic mass is 127. The van der Waals surface area contributed by atoms with Crippen LogP contribution in [0.25, 0.3) is 0 Å². The minimum absolute atomic E-state index is 0. The number of ether oxygens (including phenoxy) is 1. The van der Waals surface area contributed by atoms with Gasteiger partial charge in [-0.15, -0.1) is 24.0 Å². The minimum atomic E-state index is -4.48. The maximum absolute atomic E-state index is 12.6. The zero-order chi connectivity index (χ0) is 21.4. The molecule has 0 spiro atoms. The van der Waals surface area contributed by atoms with E-state index in [4.69, 9.17) is 16.3 Å². The lowest BCUT2D eigenvalue weighted by molar-refractivity contribution is -0.137. The molecule has 0 aliphatic carbocycles. The Kier molecular flexibility index (Phi) is 11.5. The number of nitrogens with one attached hydrogen (secondary N) is 1. The summed E-state index contributed by atoms with van der Waals surface area (Å²) in [5, 5.41) is 3.06. The molecule has 2 rings (SSSR count). The standard InChI is InChI=1S/C19H29ClF3N5O.HI/c1-4-27(5-2)12-14-6-8-28(13-14)18(24-3)25-7-9-29-17-16(20)10-15(11-26-17)19(21,22)23;/h10-11,14H,4-9,12-13H2,1-3H3,(H,24,25);1H. The quantitative estimate of drug-likeness (QED) is 0.224. The van der Waals surface area contributed by atoms with Gasteiger partial charge in [0, 0.05) is 32.9 Å². The van der Waals surface area contributed by atoms with Gasteiger partial charge in [0.1, 0.15) is 11.6 Å². The van der Waals surface area contributed by atoms with E-state index in [-0.39, 0.29) is 41.5 Å². The molecule has 0 amide bonds. The molecule has 1 N–H and O–H groups in total. The van der Waals surface area contributed by atoms with Crippen molar-refractivity contribution in [3.05, 3.63) is 22.8 Å². The van der Waals surface area contributed by atoms with Gasteiger partial charge in [-0.3, -0.25) is 4.99 Å². The van der Waals surface area contributed by atoms with Gasteiger partial charge in [0.2, 0.25) is 5.88 Å². The van der Waals surface area contributed by atoms with Gasteiger partial charge in [0.05, 0.1) is 12.1 Å². The van der Waals surface area contributed by atoms with Crippen LogP contribution in [-0.2, 0) is 6.18 Å². The van der Waals surface area contributed by atoms with Gasteiger partial charge in [-0.2, -0.15) is 13.2 Å². The number of hydrogen-bond acceptors (Lipinski definition) is 4. The molecule has 0 radical (unpaired) electrons. The number of guanidine groups is 1. The highest BCUT2D eigenvalue weighted by Gasteiger charge is 2.31. The van der Waals surface area contributed by atoms with Crippen molar-refractivity contribution in [1.82, 2.24) is 20.1 Å². The topological polar surface area (TPSA) is 53.0 Å². The van der Waals surface area contributed by atoms with E-state index < -0.39 is 11.7 Å². The van der Waals surface area contributed by atoms with Crippen LogP contribution in [0.3, 0.4) is 0 Å². The molecule has 172 valence electrons. The molecule has 1 fully saturated rings. The molecular formula is C19H30ClF3IN5O. The average Bonchev–Trinajstić information content (AvgIpc) is 3.14. The molecule has 30 heavy (non-hydrogen) atoms. The largest absolute Gasteiger partial charge is 0.475 e. The summed E-state index contributed by atoms with van der Waals surface area (Å²) in [7, 11) is 1.73. The highest BCUT2D eigenvalue weighted by molar-refractivity contribution is 14.0. The van der Waals surface area contributed by atoms with E-state index in [0.717, 1.165) is 51.2 Å². The van der Waals surface area contributed by atoms with Crippen LogP contribution in [0, 0.1) is 5.92 Å². The third kappa shape index (κ3) is 7.92. The van der Waals surface area contributed by atoms with Gasteiger partial charge in [-0.25, -0.2) is 4.98 Å². The van der Waals surface area contributed by atoms with E-state index >= 15 is 0 Å². The Morgan fingerprint density at radius 2 is 2.10 bits per heavy atom. The predicted octanol–water partition coefficient (Wildman–Crippen LogP) is 3.99. The monoisotopic (exact) mass is 563 g/mol. The van der Waals surface area contributed by atoms with Crippen molar-refractivity contribution in [3.8, 4) is 5.88 Å². The van der Waals surface area contributed by atoms with E-state index in [1.807, 2.05) is 0 Å². The van der Waals surface area contributed by atoms with E-state index in [1.165, 1.54) is 0 Å². The summed E-state index contributed by atoms with van der Waals surface area (Å²) in [5.74, 6) is 1.39. The fourth-order valence-electron chi connectivity index (χ4n) is 3.35. The van der Waals surface area contributed by atoms with Crippen LogP contribution >= 0.6 is 35.6 Å². The molecule has 0 bridgehead atoms. The van der Waals surface area contributed by atoms with Crippen LogP contribution in [0.2, 0.25) is 5.02 Å². The SMILES string of the molecule is CCN(CC)CC1CCN(C(=NC)NCCOc2ncc(C(F)(F)F)cc2Cl)C1.I. The van der Waals surface area contributed by atoms with Crippen molar-refractivity contribution < 1.29 is 17.9 Å². The number of hydrogen-bond donors (Lipinski definition) is 1. The molecule has 1 aromatic heterocycles. The summed E-state index contributed by atoms with van der Waals surface area (Å²) < 4.78 is 43.4. The lowest BCUT2D eigenvalue weighted by atomic mass is 10.1. The van der Waals surface area contributed by atoms with Crippen molar-refractivity contribution in [1.29, 1.82) is 0 Å². The van der Waals surface area contributed by atoms with Crippen LogP contribution in [0.1, 0.15) is 25.8 Å². The third-order valence-electron chi connectivity index (χ3n) is 4.97. The van der Waals surface area contributed by atoms with Crippen molar-refractivity contribution >= 4 is 41.5 Å². The number of aromatic nitrogens is 1. The first kappa shape index (κ1) is 27.0. The Hall–Kier alpha value is -1.01. The molecule has 1 aliphatic rings. The first-order valence-corrected chi connectivity index (χ1v) is 10.2. The van der Waals surface area contributed by atoms with Crippen LogP contribution in [0.5, 0.6) is 5.88 Å². The van der Waals surface area contributed by atoms with Crippen molar-refractivity contribution in [2.45, 2.75) is 26.4 Å². The molecule has 1 aromatic rings. The smallest absolute Gasteiger partial charge is 0.417 e. The van der Waals surface area contributed by atoms with Gasteiger partial charge < -0.3 is 19.9 Å². The van der Waals surface area contributed by atoms with Crippen LogP contribution < -0.4 is 10.1 Å². The Bertz CT molecular complexity index is 689. The number of aliphatic imine (C=N–C) groups is 1. The summed E-state index contributed by atoms with van der Waals surface area (Å²) >= 11 is 5.85. The van der Waals surface area contributed by atoms with E-state index in [9.17, 15) is 13.2 Å². The summed E-state index contributed by atoms with van der Waals surface area (Å²) in [4.78, 5) is 12.6. The molecule has 0 aromatic carbocycles. The second-order valence-electron chi connectivity index (χ2n) is 6.92. The molecule has 1 atom stereocenters. The van der Waals surface area contributed by atoms with Gasteiger partial charge in [0.15, 0.2) is 5.96 Å². The molecule has 11 heteroatoms. The van der Waals surface area contributed by atoms with Gasteiger partial charge in [-0.05, 0) is 31.5 Å². The summed E-state index contributed by atoms with van der Waals surface area (Å²) in [6, 6.07) is 0.816. The number of rotatable bonds is 8. The summed E-state index contributed by atoms with van der Waals surface area (Å²) in [6.45, 7) is 10.1. The summed E-state index contributed by atoms with van der Waals surface area (Å²) in [5.41, 5.74) is -0.901. The Labute approximate surface area is 198 Å². The van der Waals surface area contributed by atoms with Crippen LogP contribution in [0.4, 0.5) is 13.2 Å². The lowest BCUT2D eigenvalue weighted by Crippen LogP contribution is -2.42. The first-order valence-electron chi connectivity index (χ1n) is 9.81. The molecule has 0 saturated carbocycles. The first-order chi connectivity index (χ1) is 13.8. The zero-order valence-electron chi connectivity index (χ0n) is 17.5. The van der Waals surface area contributed by atoms with Crippen molar-refractivity contribution in [2.75, 3.05) is 52.9 Å². The number of likely N-dealkylation sites (tertiary alicyclic amines) is 1. The molecule has 2 heterocycles. The van der Waals surface area contributed by atoms with Gasteiger partial charge >= 0.3 is 6.18 Å². The lowest BCUT2D eigenvalue weighted by Gasteiger charge is -2.24. The molecule has 1 saturated heterocycles. The predicted molar refractivity (Wildman–Crippen MR) is 124 cm³/mol. The Morgan fingerprint density at radius 1 is 1.40 bits per heavy atom. The highest BCUT2D eigenvalue weighted by Crippen LogP contribution is 2.33. The molecule has 6 nitrogen and oxygen atoms in total. The van der Waals surface area contributed by atoms with Crippen LogP contribution in [0.15, 0.2) is 17.3 Å².